The lowest BCUT2D eigenvalue weighted by molar-refractivity contribution is 0.465. The number of nitrogens with zero attached hydrogens (tertiary/aromatic N) is 2. The van der Waals surface area contributed by atoms with Crippen LogP contribution >= 0.6 is 35.0 Å². The number of aromatic amines is 1. The van der Waals surface area contributed by atoms with Crippen molar-refractivity contribution < 1.29 is 8.63 Å². The maximum absolute atomic E-state index is 12.3. The molecule has 0 spiro atoms. The lowest BCUT2D eigenvalue weighted by Gasteiger charge is -2.04. The second kappa shape index (κ2) is 7.53. The van der Waals surface area contributed by atoms with Crippen molar-refractivity contribution in [3.05, 3.63) is 46.6 Å². The summed E-state index contributed by atoms with van der Waals surface area (Å²) < 4.78 is 17.8. The smallest absolute Gasteiger partial charge is 0.276 e. The predicted octanol–water partition coefficient (Wildman–Crippen LogP) is 4.27. The summed E-state index contributed by atoms with van der Waals surface area (Å²) in [6.07, 6.45) is 1.78. The van der Waals surface area contributed by atoms with E-state index in [1.165, 1.54) is 11.8 Å². The summed E-state index contributed by atoms with van der Waals surface area (Å²) in [6, 6.07) is 8.63. The number of thioether (sulfide) groups is 1. The van der Waals surface area contributed by atoms with Gasteiger partial charge in [-0.15, -0.1) is 10.2 Å². The van der Waals surface area contributed by atoms with Gasteiger partial charge in [-0.25, -0.2) is 0 Å². The normalized spacial score (nSPS) is 12.4. The summed E-state index contributed by atoms with van der Waals surface area (Å²) in [5, 5.41) is 9.31. The van der Waals surface area contributed by atoms with Crippen molar-refractivity contribution in [1.29, 1.82) is 0 Å². The van der Waals surface area contributed by atoms with Crippen molar-refractivity contribution in [3.63, 3.8) is 0 Å². The molecule has 3 aromatic rings. The first-order chi connectivity index (χ1) is 11.1. The number of benzene rings is 1. The van der Waals surface area contributed by atoms with Gasteiger partial charge in [0.25, 0.3) is 11.1 Å². The summed E-state index contributed by atoms with van der Waals surface area (Å²) in [4.78, 5) is 3.53. The Bertz CT molecular complexity index is 821. The Hall–Kier alpha value is -1.28. The molecule has 9 heteroatoms. The molecule has 0 aliphatic carbocycles. The van der Waals surface area contributed by atoms with Crippen LogP contribution < -0.4 is 0 Å². The largest absolute Gasteiger partial charge is 0.410 e. The first-order valence-corrected chi connectivity index (χ1v) is 9.63. The second-order valence-electron chi connectivity index (χ2n) is 4.43. The van der Waals surface area contributed by atoms with Gasteiger partial charge in [-0.3, -0.25) is 4.21 Å². The van der Waals surface area contributed by atoms with E-state index in [4.69, 9.17) is 27.6 Å². The van der Waals surface area contributed by atoms with Crippen molar-refractivity contribution in [2.75, 3.05) is 11.5 Å². The molecule has 0 amide bonds. The molecule has 1 N–H and O–H groups in total. The predicted molar refractivity (Wildman–Crippen MR) is 92.5 cm³/mol. The molecule has 0 saturated heterocycles. The summed E-state index contributed by atoms with van der Waals surface area (Å²) in [5.41, 5.74) is 0.763. The third kappa shape index (κ3) is 4.17. The minimum Gasteiger partial charge on any atom is -0.410 e. The van der Waals surface area contributed by atoms with Crippen LogP contribution in [-0.2, 0) is 10.8 Å². The standard InChI is InChI=1S/C14H11Cl2N3O2S2/c15-9-3-4-10(16)12(8-9)23(20)7-6-22-14-19-18-13(21-14)11-2-1-5-17-11/h1-5,8,17H,6-7H2/t23-/m1/s1. The lowest BCUT2D eigenvalue weighted by Crippen LogP contribution is -2.01. The molecule has 2 aromatic heterocycles. The van der Waals surface area contributed by atoms with Gasteiger partial charge in [0.1, 0.15) is 5.69 Å². The van der Waals surface area contributed by atoms with Gasteiger partial charge >= 0.3 is 0 Å². The molecule has 0 aliphatic rings. The molecule has 120 valence electrons. The van der Waals surface area contributed by atoms with Gasteiger partial charge < -0.3 is 9.40 Å². The van der Waals surface area contributed by atoms with Gasteiger partial charge in [0.2, 0.25) is 0 Å². The van der Waals surface area contributed by atoms with Crippen LogP contribution in [-0.4, -0.2) is 30.9 Å². The van der Waals surface area contributed by atoms with E-state index in [9.17, 15) is 4.21 Å². The first-order valence-electron chi connectivity index (χ1n) is 6.57. The molecule has 5 nitrogen and oxygen atoms in total. The van der Waals surface area contributed by atoms with E-state index in [1.54, 1.807) is 24.4 Å². The summed E-state index contributed by atoms with van der Waals surface area (Å²) in [5.74, 6) is 1.39. The number of aromatic nitrogens is 3. The topological polar surface area (TPSA) is 71.8 Å². The number of hydrogen-bond donors (Lipinski definition) is 1. The average molecular weight is 388 g/mol. The fraction of sp³-hybridized carbons (Fsp3) is 0.143. The third-order valence-corrected chi connectivity index (χ3v) is 6.03. The zero-order valence-electron chi connectivity index (χ0n) is 11.7. The number of H-pyrrole nitrogens is 1. The van der Waals surface area contributed by atoms with Crippen molar-refractivity contribution in [2.45, 2.75) is 10.1 Å². The van der Waals surface area contributed by atoms with Gasteiger partial charge in [-0.1, -0.05) is 35.0 Å². The van der Waals surface area contributed by atoms with Crippen molar-refractivity contribution in [3.8, 4) is 11.6 Å². The first kappa shape index (κ1) is 16.6. The fourth-order valence-corrected chi connectivity index (χ4v) is 4.53. The van der Waals surface area contributed by atoms with Crippen LogP contribution in [0.3, 0.4) is 0 Å². The van der Waals surface area contributed by atoms with E-state index < -0.39 is 10.8 Å². The zero-order chi connectivity index (χ0) is 16.2. The van der Waals surface area contributed by atoms with Crippen LogP contribution in [0.1, 0.15) is 0 Å². The molecule has 3 rings (SSSR count). The van der Waals surface area contributed by atoms with E-state index in [-0.39, 0.29) is 0 Å². The third-order valence-electron chi connectivity index (χ3n) is 2.87. The Labute approximate surface area is 149 Å². The Morgan fingerprint density at radius 3 is 2.91 bits per heavy atom. The van der Waals surface area contributed by atoms with Crippen LogP contribution in [0.2, 0.25) is 10.0 Å². The molecule has 0 bridgehead atoms. The van der Waals surface area contributed by atoms with Crippen LogP contribution in [0.25, 0.3) is 11.6 Å². The molecule has 2 heterocycles. The Kier molecular flexibility index (Phi) is 5.42. The molecule has 0 unspecified atom stereocenters. The van der Waals surface area contributed by atoms with Crippen molar-refractivity contribution in [2.24, 2.45) is 0 Å². The minimum absolute atomic E-state index is 0.408. The van der Waals surface area contributed by atoms with Crippen molar-refractivity contribution in [1.82, 2.24) is 15.2 Å². The van der Waals surface area contributed by atoms with E-state index >= 15 is 0 Å². The molecule has 0 saturated carbocycles. The summed E-state index contributed by atoms with van der Waals surface area (Å²) >= 11 is 13.3. The van der Waals surface area contributed by atoms with Gasteiger partial charge in [0.05, 0.1) is 20.7 Å². The van der Waals surface area contributed by atoms with Gasteiger partial charge in [0.15, 0.2) is 0 Å². The maximum Gasteiger partial charge on any atom is 0.276 e. The SMILES string of the molecule is O=[S@](CCSc1nnc(-c2ccc[nH]2)o1)c1cc(Cl)ccc1Cl. The quantitative estimate of drug-likeness (QED) is 0.639. The van der Waals surface area contributed by atoms with Gasteiger partial charge in [-0.05, 0) is 30.3 Å². The van der Waals surface area contributed by atoms with Gasteiger partial charge in [-0.2, -0.15) is 0 Å². The lowest BCUT2D eigenvalue weighted by atomic mass is 10.4. The molecule has 1 aromatic carbocycles. The van der Waals surface area contributed by atoms with Crippen LogP contribution in [0.4, 0.5) is 0 Å². The van der Waals surface area contributed by atoms with E-state index in [1.807, 2.05) is 12.1 Å². The molecular weight excluding hydrogens is 377 g/mol. The Morgan fingerprint density at radius 1 is 1.26 bits per heavy atom. The minimum atomic E-state index is -1.23. The molecular formula is C14H11Cl2N3O2S2. The number of nitrogens with one attached hydrogen (secondary N) is 1. The molecule has 0 aliphatic heterocycles. The molecule has 0 fully saturated rings. The fourth-order valence-electron chi connectivity index (χ4n) is 1.81. The Morgan fingerprint density at radius 2 is 2.13 bits per heavy atom. The number of hydrogen-bond acceptors (Lipinski definition) is 5. The van der Waals surface area contributed by atoms with Crippen LogP contribution in [0, 0.1) is 0 Å². The summed E-state index contributed by atoms with van der Waals surface area (Å²) in [7, 11) is -1.23. The molecule has 0 radical (unpaired) electrons. The highest BCUT2D eigenvalue weighted by atomic mass is 35.5. The van der Waals surface area contributed by atoms with E-state index in [2.05, 4.69) is 15.2 Å². The monoisotopic (exact) mass is 387 g/mol. The van der Waals surface area contributed by atoms with Crippen LogP contribution in [0.5, 0.6) is 0 Å². The highest BCUT2D eigenvalue weighted by molar-refractivity contribution is 8.00. The molecule has 1 atom stereocenters. The number of rotatable bonds is 6. The maximum atomic E-state index is 12.3. The van der Waals surface area contributed by atoms with E-state index in [0.29, 0.717) is 37.6 Å². The Balaban J connectivity index is 1.57. The van der Waals surface area contributed by atoms with Crippen molar-refractivity contribution >= 4 is 45.8 Å². The highest BCUT2D eigenvalue weighted by Gasteiger charge is 2.12. The zero-order valence-corrected chi connectivity index (χ0v) is 14.8. The van der Waals surface area contributed by atoms with E-state index in [0.717, 1.165) is 5.69 Å². The highest BCUT2D eigenvalue weighted by Crippen LogP contribution is 2.26. The second-order valence-corrected chi connectivity index (χ2v) is 7.86. The average Bonchev–Trinajstić information content (AvgIpc) is 3.20. The van der Waals surface area contributed by atoms with Gasteiger partial charge in [0, 0.05) is 22.7 Å². The molecule has 23 heavy (non-hydrogen) atoms. The number of halogens is 2. The summed E-state index contributed by atoms with van der Waals surface area (Å²) in [6.45, 7) is 0. The van der Waals surface area contributed by atoms with Crippen LogP contribution in [0.15, 0.2) is 51.1 Å².